The van der Waals surface area contributed by atoms with Gasteiger partial charge >= 0.3 is 0 Å². The molecule has 0 spiro atoms. The Morgan fingerprint density at radius 3 is 2.59 bits per heavy atom. The lowest BCUT2D eigenvalue weighted by Crippen LogP contribution is -2.45. The van der Waals surface area contributed by atoms with Crippen LogP contribution in [0.15, 0.2) is 48.5 Å². The van der Waals surface area contributed by atoms with Gasteiger partial charge in [-0.2, -0.15) is 0 Å². The number of rotatable bonds is 12. The first-order chi connectivity index (χ1) is 22.4. The van der Waals surface area contributed by atoms with Crippen LogP contribution in [0, 0.1) is 6.92 Å². The van der Waals surface area contributed by atoms with Crippen LogP contribution in [0.5, 0.6) is 17.2 Å². The Bertz CT molecular complexity index is 1520. The van der Waals surface area contributed by atoms with Crippen molar-refractivity contribution in [1.29, 1.82) is 0 Å². The van der Waals surface area contributed by atoms with Crippen molar-refractivity contribution in [3.05, 3.63) is 75.8 Å². The van der Waals surface area contributed by atoms with Gasteiger partial charge in [0.25, 0.3) is 0 Å². The summed E-state index contributed by atoms with van der Waals surface area (Å²) in [4.78, 5) is 13.8. The molecule has 0 radical (unpaired) electrons. The molecule has 2 heterocycles. The number of methoxy groups -OCH3 is 1. The highest BCUT2D eigenvalue weighted by Crippen LogP contribution is 2.44. The molecule has 0 aromatic heterocycles. The predicted molar refractivity (Wildman–Crippen MR) is 180 cm³/mol. The topological polar surface area (TPSA) is 72.1 Å². The Kier molecular flexibility index (Phi) is 10.7. The molecular weight excluding hydrogens is 605 g/mol. The quantitative estimate of drug-likeness (QED) is 0.207. The van der Waals surface area contributed by atoms with E-state index in [1.54, 1.807) is 7.11 Å². The van der Waals surface area contributed by atoms with Gasteiger partial charge in [0.15, 0.2) is 0 Å². The number of carbonyl (C=O) groups is 1. The minimum absolute atomic E-state index is 0.105. The van der Waals surface area contributed by atoms with Gasteiger partial charge in [-0.3, -0.25) is 4.79 Å². The van der Waals surface area contributed by atoms with Crippen molar-refractivity contribution >= 4 is 17.5 Å². The van der Waals surface area contributed by atoms with Crippen LogP contribution in [0.25, 0.3) is 11.1 Å². The van der Waals surface area contributed by atoms with Crippen molar-refractivity contribution < 1.29 is 23.4 Å². The Hall–Kier alpha value is -3.33. The number of nitrogens with zero attached hydrogens (tertiary/aromatic N) is 1. The molecule has 0 bridgehead atoms. The summed E-state index contributed by atoms with van der Waals surface area (Å²) in [6, 6.07) is 16.8. The summed E-state index contributed by atoms with van der Waals surface area (Å²) in [5.41, 5.74) is 6.95. The molecule has 0 unspecified atom stereocenters. The van der Waals surface area contributed by atoms with Crippen LogP contribution < -0.4 is 24.8 Å². The summed E-state index contributed by atoms with van der Waals surface area (Å²) in [7, 11) is 1.66. The lowest BCUT2D eigenvalue weighted by atomic mass is 9.93. The lowest BCUT2D eigenvalue weighted by molar-refractivity contribution is -0.122. The lowest BCUT2D eigenvalue weighted by Gasteiger charge is -2.28. The standard InChI is InChI=1S/C37H45ClFN3O4/c1-24-28(6-4-9-33(24)45-19-5-16-42-17-14-26(39)15-18-42)29-7-3-8-31-30(29)11-12-34(31)46-36-21-35(44-2)25(20-32(36)38)22-40-27-10-13-37(43)41-23-27/h3-4,6-9,20-21,26-27,34,40H,5,10-19,22-23H2,1-2H3,(H,41,43)/t27-,34-/m0/s1. The number of nitrogens with one attached hydrogen (secondary N) is 2. The number of alkyl halides is 1. The zero-order valence-corrected chi connectivity index (χ0v) is 27.6. The van der Waals surface area contributed by atoms with Gasteiger partial charge in [0.1, 0.15) is 29.5 Å². The summed E-state index contributed by atoms with van der Waals surface area (Å²) in [6.07, 6.45) is 4.57. The van der Waals surface area contributed by atoms with Gasteiger partial charge in [-0.15, -0.1) is 0 Å². The van der Waals surface area contributed by atoms with Gasteiger partial charge in [-0.1, -0.05) is 41.9 Å². The fraction of sp³-hybridized carbons (Fsp3) is 0.486. The molecule has 3 aromatic rings. The number of carbonyl (C=O) groups excluding carboxylic acids is 1. The average Bonchev–Trinajstić information content (AvgIpc) is 3.48. The van der Waals surface area contributed by atoms with Crippen LogP contribution in [-0.4, -0.2) is 62.9 Å². The van der Waals surface area contributed by atoms with Gasteiger partial charge in [0, 0.05) is 56.8 Å². The normalized spacial score (nSPS) is 20.3. The molecular formula is C37H45ClFN3O4. The molecule has 3 aliphatic rings. The van der Waals surface area contributed by atoms with Crippen molar-refractivity contribution in [3.63, 3.8) is 0 Å². The van der Waals surface area contributed by atoms with Crippen molar-refractivity contribution in [2.24, 2.45) is 0 Å². The van der Waals surface area contributed by atoms with Gasteiger partial charge in [0.2, 0.25) is 5.91 Å². The number of hydrogen-bond acceptors (Lipinski definition) is 6. The highest BCUT2D eigenvalue weighted by molar-refractivity contribution is 6.32. The van der Waals surface area contributed by atoms with Gasteiger partial charge in [-0.25, -0.2) is 4.39 Å². The fourth-order valence-electron chi connectivity index (χ4n) is 6.96. The van der Waals surface area contributed by atoms with E-state index in [-0.39, 0.29) is 18.1 Å². The number of fused-ring (bicyclic) bond motifs is 1. The summed E-state index contributed by atoms with van der Waals surface area (Å²) >= 11 is 6.77. The fourth-order valence-corrected chi connectivity index (χ4v) is 7.19. The van der Waals surface area contributed by atoms with Gasteiger partial charge in [0.05, 0.1) is 18.7 Å². The Labute approximate surface area is 276 Å². The SMILES string of the molecule is COc1cc(O[C@H]2CCc3c(-c4cccc(OCCCN5CCC(F)CC5)c4C)cccc32)c(Cl)cc1CN[C@H]1CCC(=O)NC1. The van der Waals surface area contributed by atoms with Crippen LogP contribution in [0.4, 0.5) is 4.39 Å². The molecule has 3 aromatic carbocycles. The number of ether oxygens (including phenoxy) is 3. The first-order valence-electron chi connectivity index (χ1n) is 16.6. The van der Waals surface area contributed by atoms with E-state index in [2.05, 4.69) is 52.8 Å². The largest absolute Gasteiger partial charge is 0.496 e. The zero-order valence-electron chi connectivity index (χ0n) is 26.9. The number of hydrogen-bond donors (Lipinski definition) is 2. The molecule has 7 nitrogen and oxygen atoms in total. The summed E-state index contributed by atoms with van der Waals surface area (Å²) < 4.78 is 32.0. The smallest absolute Gasteiger partial charge is 0.220 e. The second kappa shape index (κ2) is 15.1. The van der Waals surface area contributed by atoms with E-state index in [1.165, 1.54) is 22.3 Å². The van der Waals surface area contributed by atoms with E-state index in [1.807, 2.05) is 18.2 Å². The zero-order chi connectivity index (χ0) is 32.0. The molecule has 9 heteroatoms. The summed E-state index contributed by atoms with van der Waals surface area (Å²) in [5.74, 6) is 2.34. The van der Waals surface area contributed by atoms with E-state index < -0.39 is 6.17 Å². The van der Waals surface area contributed by atoms with Crippen LogP contribution in [-0.2, 0) is 17.8 Å². The molecule has 1 aliphatic carbocycles. The molecule has 1 amide bonds. The Balaban J connectivity index is 1.11. The molecule has 2 N–H and O–H groups in total. The second-order valence-corrected chi connectivity index (χ2v) is 13.1. The van der Waals surface area contributed by atoms with Crippen LogP contribution >= 0.6 is 11.6 Å². The first-order valence-corrected chi connectivity index (χ1v) is 17.0. The highest BCUT2D eigenvalue weighted by atomic mass is 35.5. The minimum Gasteiger partial charge on any atom is -0.496 e. The maximum atomic E-state index is 13.5. The monoisotopic (exact) mass is 649 g/mol. The Morgan fingerprint density at radius 1 is 1.00 bits per heavy atom. The number of benzene rings is 3. The van der Waals surface area contributed by atoms with Crippen molar-refractivity contribution in [2.75, 3.05) is 39.9 Å². The van der Waals surface area contributed by atoms with E-state index in [4.69, 9.17) is 25.8 Å². The van der Waals surface area contributed by atoms with Crippen molar-refractivity contribution in [1.82, 2.24) is 15.5 Å². The number of halogens is 2. The van der Waals surface area contributed by atoms with Crippen molar-refractivity contribution in [2.45, 2.75) is 76.7 Å². The van der Waals surface area contributed by atoms with Crippen molar-refractivity contribution in [3.8, 4) is 28.4 Å². The molecule has 2 aliphatic heterocycles. The van der Waals surface area contributed by atoms with E-state index >= 15 is 0 Å². The van der Waals surface area contributed by atoms with E-state index in [9.17, 15) is 9.18 Å². The third kappa shape index (κ3) is 7.62. The Morgan fingerprint density at radius 2 is 1.80 bits per heavy atom. The third-order valence-corrected chi connectivity index (χ3v) is 9.93. The predicted octanol–water partition coefficient (Wildman–Crippen LogP) is 6.96. The third-order valence-electron chi connectivity index (χ3n) is 9.63. The number of piperidine rings is 2. The van der Waals surface area contributed by atoms with E-state index in [0.717, 1.165) is 67.9 Å². The molecule has 2 atom stereocenters. The van der Waals surface area contributed by atoms with Gasteiger partial charge < -0.3 is 29.7 Å². The van der Waals surface area contributed by atoms with Crippen LogP contribution in [0.2, 0.25) is 5.02 Å². The molecule has 246 valence electrons. The minimum atomic E-state index is -0.639. The highest BCUT2D eigenvalue weighted by Gasteiger charge is 2.28. The molecule has 46 heavy (non-hydrogen) atoms. The maximum Gasteiger partial charge on any atom is 0.220 e. The number of amides is 1. The van der Waals surface area contributed by atoms with Crippen LogP contribution in [0.3, 0.4) is 0 Å². The molecule has 2 saturated heterocycles. The average molecular weight is 650 g/mol. The van der Waals surface area contributed by atoms with Crippen LogP contribution in [0.1, 0.15) is 66.9 Å². The van der Waals surface area contributed by atoms with Gasteiger partial charge in [-0.05, 0) is 85.4 Å². The second-order valence-electron chi connectivity index (χ2n) is 12.7. The summed E-state index contributed by atoms with van der Waals surface area (Å²) in [6.45, 7) is 6.60. The molecule has 6 rings (SSSR count). The molecule has 0 saturated carbocycles. The summed E-state index contributed by atoms with van der Waals surface area (Å²) in [5, 5.41) is 6.97. The maximum absolute atomic E-state index is 13.5. The molecule has 2 fully saturated rings. The number of likely N-dealkylation sites (tertiary alicyclic amines) is 1. The van der Waals surface area contributed by atoms with E-state index in [0.29, 0.717) is 49.7 Å². The first kappa shape index (κ1) is 32.6.